The molecule has 1 aromatic rings. The average molecular weight is 351 g/mol. The van der Waals surface area contributed by atoms with Gasteiger partial charge < -0.3 is 10.6 Å². The molecule has 0 spiro atoms. The number of nitrogens with zero attached hydrogens (tertiary/aromatic N) is 2. The van der Waals surface area contributed by atoms with Gasteiger partial charge in [-0.25, -0.2) is 0 Å². The Kier molecular flexibility index (Phi) is 4.39. The molecule has 2 heterocycles. The average Bonchev–Trinajstić information content (AvgIpc) is 3.06. The quantitative estimate of drug-likeness (QED) is 0.851. The number of likely N-dealkylation sites (tertiary alicyclic amines) is 1. The van der Waals surface area contributed by atoms with E-state index in [2.05, 4.69) is 6.58 Å². The minimum atomic E-state index is -0.396. The predicted octanol–water partition coefficient (Wildman–Crippen LogP) is 2.96. The number of amides is 2. The van der Waals surface area contributed by atoms with E-state index in [4.69, 9.17) is 10.7 Å². The highest BCUT2D eigenvalue weighted by atomic mass is 16.2. The highest BCUT2D eigenvalue weighted by Gasteiger charge is 2.34. The summed E-state index contributed by atoms with van der Waals surface area (Å²) in [5.74, 6) is -0.206. The van der Waals surface area contributed by atoms with Crippen molar-refractivity contribution in [2.24, 2.45) is 5.73 Å². The smallest absolute Gasteiger partial charge is 0.250 e. The van der Waals surface area contributed by atoms with Gasteiger partial charge in [-0.3, -0.25) is 14.6 Å². The van der Waals surface area contributed by atoms with Crippen molar-refractivity contribution in [3.05, 3.63) is 46.8 Å². The number of primary amides is 1. The van der Waals surface area contributed by atoms with Gasteiger partial charge in [0.25, 0.3) is 5.91 Å². The van der Waals surface area contributed by atoms with Crippen molar-refractivity contribution in [1.29, 1.82) is 0 Å². The minimum absolute atomic E-state index is 0.0160. The van der Waals surface area contributed by atoms with Crippen molar-refractivity contribution in [2.75, 3.05) is 13.1 Å². The summed E-state index contributed by atoms with van der Waals surface area (Å²) >= 11 is 0. The van der Waals surface area contributed by atoms with Crippen LogP contribution in [0.4, 0.5) is 0 Å². The van der Waals surface area contributed by atoms with E-state index in [1.54, 1.807) is 6.20 Å². The van der Waals surface area contributed by atoms with Gasteiger partial charge in [0.15, 0.2) is 0 Å². The number of nitrogens with two attached hydrogens (primary N) is 1. The summed E-state index contributed by atoms with van der Waals surface area (Å²) < 4.78 is 0. The molecule has 1 aliphatic heterocycles. The minimum Gasteiger partial charge on any atom is -0.366 e. The molecule has 0 aromatic carbocycles. The lowest BCUT2D eigenvalue weighted by Gasteiger charge is -2.33. The van der Waals surface area contributed by atoms with Gasteiger partial charge in [0.05, 0.1) is 11.3 Å². The van der Waals surface area contributed by atoms with E-state index in [0.29, 0.717) is 12.1 Å². The number of aromatic nitrogens is 1. The van der Waals surface area contributed by atoms with Crippen LogP contribution in [0.25, 0.3) is 5.57 Å². The van der Waals surface area contributed by atoms with E-state index in [9.17, 15) is 9.59 Å². The zero-order valence-electron chi connectivity index (χ0n) is 15.1. The van der Waals surface area contributed by atoms with Crippen molar-refractivity contribution in [1.82, 2.24) is 9.88 Å². The van der Waals surface area contributed by atoms with Crippen LogP contribution in [0, 0.1) is 0 Å². The molecule has 2 amide bonds. The molecule has 136 valence electrons. The summed E-state index contributed by atoms with van der Waals surface area (Å²) in [6.45, 7) is 5.05. The van der Waals surface area contributed by atoms with Crippen molar-refractivity contribution < 1.29 is 9.59 Å². The summed E-state index contributed by atoms with van der Waals surface area (Å²) in [6.07, 6.45) is 10.4. The Morgan fingerprint density at radius 1 is 1.27 bits per heavy atom. The molecule has 5 heteroatoms. The Hall–Kier alpha value is -2.43. The molecule has 5 nitrogen and oxygen atoms in total. The second kappa shape index (κ2) is 6.71. The molecule has 2 N–H and O–H groups in total. The van der Waals surface area contributed by atoms with Gasteiger partial charge in [-0.05, 0) is 62.2 Å². The van der Waals surface area contributed by atoms with E-state index >= 15 is 0 Å². The predicted molar refractivity (Wildman–Crippen MR) is 101 cm³/mol. The Balaban J connectivity index is 1.77. The third-order valence-corrected chi connectivity index (χ3v) is 6.05. The van der Waals surface area contributed by atoms with Crippen LogP contribution in [0.15, 0.2) is 24.4 Å². The van der Waals surface area contributed by atoms with E-state index in [-0.39, 0.29) is 11.8 Å². The maximum absolute atomic E-state index is 12.1. The monoisotopic (exact) mass is 351 g/mol. The van der Waals surface area contributed by atoms with Crippen molar-refractivity contribution >= 4 is 17.4 Å². The Morgan fingerprint density at radius 3 is 2.85 bits per heavy atom. The lowest BCUT2D eigenvalue weighted by Crippen LogP contribution is -2.38. The maximum Gasteiger partial charge on any atom is 0.250 e. The first kappa shape index (κ1) is 17.0. The normalized spacial score (nSPS) is 22.0. The third-order valence-electron chi connectivity index (χ3n) is 6.05. The number of allylic oxidation sites excluding steroid dienone is 2. The van der Waals surface area contributed by atoms with E-state index in [0.717, 1.165) is 49.9 Å². The number of pyridine rings is 1. The van der Waals surface area contributed by atoms with Gasteiger partial charge in [-0.15, -0.1) is 0 Å². The van der Waals surface area contributed by atoms with E-state index in [1.807, 2.05) is 4.90 Å². The van der Waals surface area contributed by atoms with Crippen LogP contribution in [-0.2, 0) is 11.2 Å². The Bertz CT molecular complexity index is 825. The van der Waals surface area contributed by atoms with Gasteiger partial charge in [0.2, 0.25) is 5.91 Å². The van der Waals surface area contributed by atoms with Crippen LogP contribution in [-0.4, -0.2) is 34.8 Å². The third kappa shape index (κ3) is 2.75. The molecule has 1 atom stereocenters. The van der Waals surface area contributed by atoms with Crippen molar-refractivity contribution in [3.8, 4) is 0 Å². The van der Waals surface area contributed by atoms with Crippen LogP contribution in [0.2, 0.25) is 0 Å². The SMILES string of the molecule is C=CC(=O)N1CCCC(c2ncc(C(N)=O)c3c2C2=C(CCCC2)C3)C1. The summed E-state index contributed by atoms with van der Waals surface area (Å²) in [4.78, 5) is 30.6. The first-order valence-corrected chi connectivity index (χ1v) is 9.54. The first-order valence-electron chi connectivity index (χ1n) is 9.54. The molecular weight excluding hydrogens is 326 g/mol. The zero-order valence-corrected chi connectivity index (χ0v) is 15.1. The molecule has 0 bridgehead atoms. The van der Waals surface area contributed by atoms with Gasteiger partial charge in [-0.1, -0.05) is 12.2 Å². The molecular formula is C21H25N3O2. The fourth-order valence-electron chi connectivity index (χ4n) is 4.82. The topological polar surface area (TPSA) is 76.3 Å². The number of carbonyl (C=O) groups excluding carboxylic acids is 2. The number of fused-ring (bicyclic) bond motifs is 2. The summed E-state index contributed by atoms with van der Waals surface area (Å²) in [6, 6.07) is 0. The fraction of sp³-hybridized carbons (Fsp3) is 0.476. The number of carbonyl (C=O) groups is 2. The summed E-state index contributed by atoms with van der Waals surface area (Å²) in [7, 11) is 0. The number of hydrogen-bond donors (Lipinski definition) is 1. The van der Waals surface area contributed by atoms with Crippen molar-refractivity contribution in [3.63, 3.8) is 0 Å². The Labute approximate surface area is 154 Å². The van der Waals surface area contributed by atoms with Crippen LogP contribution < -0.4 is 5.73 Å². The summed E-state index contributed by atoms with van der Waals surface area (Å²) in [5, 5.41) is 0. The number of hydrogen-bond acceptors (Lipinski definition) is 3. The van der Waals surface area contributed by atoms with E-state index in [1.165, 1.54) is 35.6 Å². The Morgan fingerprint density at radius 2 is 2.08 bits per heavy atom. The molecule has 1 fully saturated rings. The highest BCUT2D eigenvalue weighted by Crippen LogP contribution is 2.46. The molecule has 4 rings (SSSR count). The first-order chi connectivity index (χ1) is 12.6. The van der Waals surface area contributed by atoms with Gasteiger partial charge in [0, 0.05) is 30.8 Å². The van der Waals surface area contributed by atoms with Gasteiger partial charge in [-0.2, -0.15) is 0 Å². The molecule has 2 aliphatic carbocycles. The number of rotatable bonds is 3. The lowest BCUT2D eigenvalue weighted by molar-refractivity contribution is -0.127. The van der Waals surface area contributed by atoms with Crippen LogP contribution in [0.3, 0.4) is 0 Å². The van der Waals surface area contributed by atoms with Crippen LogP contribution in [0.1, 0.15) is 71.6 Å². The van der Waals surface area contributed by atoms with Crippen LogP contribution >= 0.6 is 0 Å². The molecule has 1 aromatic heterocycles. The lowest BCUT2D eigenvalue weighted by atomic mass is 9.85. The molecule has 1 unspecified atom stereocenters. The standard InChI is InChI=1S/C21H25N3O2/c1-2-18(25)24-9-5-7-14(12-24)20-19-15-8-4-3-6-13(15)10-16(19)17(11-23-20)21(22)26/h2,11,14H,1,3-10,12H2,(H2,22,26). The van der Waals surface area contributed by atoms with E-state index < -0.39 is 5.91 Å². The van der Waals surface area contributed by atoms with Gasteiger partial charge >= 0.3 is 0 Å². The van der Waals surface area contributed by atoms with Crippen molar-refractivity contribution in [2.45, 2.75) is 50.9 Å². The van der Waals surface area contributed by atoms with Gasteiger partial charge in [0.1, 0.15) is 0 Å². The second-order valence-electron chi connectivity index (χ2n) is 7.57. The maximum atomic E-state index is 12.1. The number of piperidine rings is 1. The molecule has 1 saturated heterocycles. The summed E-state index contributed by atoms with van der Waals surface area (Å²) in [5.41, 5.74) is 12.3. The zero-order chi connectivity index (χ0) is 18.3. The largest absolute Gasteiger partial charge is 0.366 e. The fourth-order valence-corrected chi connectivity index (χ4v) is 4.82. The second-order valence-corrected chi connectivity index (χ2v) is 7.57. The highest BCUT2D eigenvalue weighted by molar-refractivity contribution is 5.97. The molecule has 0 radical (unpaired) electrons. The molecule has 3 aliphatic rings. The van der Waals surface area contributed by atoms with Crippen LogP contribution in [0.5, 0.6) is 0 Å². The molecule has 0 saturated carbocycles. The molecule has 26 heavy (non-hydrogen) atoms.